The molecule has 0 atom stereocenters. The van der Waals surface area contributed by atoms with Gasteiger partial charge < -0.3 is 20.4 Å². The van der Waals surface area contributed by atoms with Crippen molar-refractivity contribution in [2.75, 3.05) is 5.32 Å². The summed E-state index contributed by atoms with van der Waals surface area (Å²) >= 11 is 0. The number of anilines is 1. The Bertz CT molecular complexity index is 820. The van der Waals surface area contributed by atoms with Gasteiger partial charge in [-0.3, -0.25) is 10.1 Å². The lowest BCUT2D eigenvalue weighted by Crippen LogP contribution is -2.04. The van der Waals surface area contributed by atoms with Gasteiger partial charge in [0.25, 0.3) is 5.69 Å². The van der Waals surface area contributed by atoms with E-state index >= 15 is 0 Å². The maximum absolute atomic E-state index is 11.2. The van der Waals surface area contributed by atoms with E-state index in [2.05, 4.69) is 5.32 Å². The summed E-state index contributed by atoms with van der Waals surface area (Å²) in [5.41, 5.74) is 1.00. The number of carbonyl (C=O) groups is 1. The van der Waals surface area contributed by atoms with Crippen LogP contribution in [-0.4, -0.2) is 26.8 Å². The maximum atomic E-state index is 11.2. The summed E-state index contributed by atoms with van der Waals surface area (Å²) in [6.45, 7) is 3.86. The number of nitrogens with one attached hydrogen (secondary N) is 2. The fourth-order valence-electron chi connectivity index (χ4n) is 2.23. The average Bonchev–Trinajstić information content (AvgIpc) is 2.86. The first-order valence-corrected chi connectivity index (χ1v) is 6.84. The summed E-state index contributed by atoms with van der Waals surface area (Å²) in [7, 11) is 0. The summed E-state index contributed by atoms with van der Waals surface area (Å²) in [4.78, 5) is 21.6. The monoisotopic (exact) mass is 316 g/mol. The van der Waals surface area contributed by atoms with Crippen LogP contribution in [0.2, 0.25) is 0 Å². The lowest BCUT2D eigenvalue weighted by molar-refractivity contribution is -0.383. The van der Waals surface area contributed by atoms with Gasteiger partial charge in [0, 0.05) is 24.1 Å². The number of carboxylic acids is 1. The third-order valence-corrected chi connectivity index (χ3v) is 3.36. The molecular weight excluding hydrogens is 300 g/mol. The lowest BCUT2D eigenvalue weighted by atomic mass is 10.2. The largest absolute Gasteiger partial charge is 0.478 e. The molecule has 0 aliphatic carbocycles. The highest BCUT2D eigenvalue weighted by molar-refractivity contribution is 6.07. The molecule has 3 N–H and O–H groups in total. The zero-order chi connectivity index (χ0) is 17.1. The van der Waals surface area contributed by atoms with Gasteiger partial charge in [-0.2, -0.15) is 0 Å². The van der Waals surface area contributed by atoms with E-state index < -0.39 is 10.9 Å². The number of aliphatic carboxylic acids is 1. The Labute approximate surface area is 131 Å². The van der Waals surface area contributed by atoms with E-state index in [1.54, 1.807) is 18.2 Å². The van der Waals surface area contributed by atoms with Crippen molar-refractivity contribution >= 4 is 34.5 Å². The normalized spacial score (nSPS) is 11.7. The van der Waals surface area contributed by atoms with Gasteiger partial charge in [-0.25, -0.2) is 4.79 Å². The molecule has 8 nitrogen and oxygen atoms in total. The molecule has 0 amide bonds. The number of carboxylic acid groups (broad SMARTS) is 1. The van der Waals surface area contributed by atoms with Gasteiger partial charge in [-0.1, -0.05) is 0 Å². The fourth-order valence-corrected chi connectivity index (χ4v) is 2.23. The summed E-state index contributed by atoms with van der Waals surface area (Å²) in [6.07, 6.45) is 3.38. The fraction of sp³-hybridized carbons (Fsp3) is 0.200. The molecule has 0 bridgehead atoms. The first-order valence-electron chi connectivity index (χ1n) is 6.84. The Morgan fingerprint density at radius 2 is 2.17 bits per heavy atom. The van der Waals surface area contributed by atoms with Gasteiger partial charge in [-0.15, -0.1) is 0 Å². The maximum Gasteiger partial charge on any atom is 0.338 e. The molecule has 120 valence electrons. The van der Waals surface area contributed by atoms with E-state index in [0.29, 0.717) is 17.3 Å². The van der Waals surface area contributed by atoms with Gasteiger partial charge >= 0.3 is 5.97 Å². The predicted octanol–water partition coefficient (Wildman–Crippen LogP) is 3.16. The smallest absolute Gasteiger partial charge is 0.338 e. The Morgan fingerprint density at radius 3 is 2.70 bits per heavy atom. The van der Waals surface area contributed by atoms with Crippen molar-refractivity contribution in [2.45, 2.75) is 19.9 Å². The van der Waals surface area contributed by atoms with Crippen LogP contribution in [0.4, 0.5) is 11.4 Å². The molecule has 0 unspecified atom stereocenters. The zero-order valence-electron chi connectivity index (χ0n) is 12.6. The van der Waals surface area contributed by atoms with Gasteiger partial charge in [0.2, 0.25) is 0 Å². The molecular formula is C15H16N4O4. The van der Waals surface area contributed by atoms with Crippen LogP contribution in [0, 0.1) is 15.5 Å². The number of fused-ring (bicyclic) bond motifs is 1. The first-order chi connectivity index (χ1) is 10.8. The standard InChI is InChI=1S/C15H16N4O4/c1-9(2)18-8-14(19(22)23)12-5-11(3-4-13(12)18)17-7-10(6-16)15(20)21/h3-9,16-17H,1-2H3,(H,20,21)/b10-7+,16-6?. The third-order valence-electron chi connectivity index (χ3n) is 3.36. The van der Waals surface area contributed by atoms with Gasteiger partial charge in [-0.05, 0) is 32.0 Å². The van der Waals surface area contributed by atoms with Crippen molar-refractivity contribution in [3.8, 4) is 0 Å². The number of hydrogen-bond donors (Lipinski definition) is 3. The molecule has 0 saturated carbocycles. The minimum Gasteiger partial charge on any atom is -0.478 e. The molecule has 0 aliphatic heterocycles. The van der Waals surface area contributed by atoms with E-state index in [0.717, 1.165) is 5.52 Å². The molecule has 2 rings (SSSR count). The van der Waals surface area contributed by atoms with Crippen LogP contribution in [0.5, 0.6) is 0 Å². The van der Waals surface area contributed by atoms with E-state index in [-0.39, 0.29) is 17.3 Å². The van der Waals surface area contributed by atoms with Crippen LogP contribution in [0.1, 0.15) is 19.9 Å². The van der Waals surface area contributed by atoms with Crippen LogP contribution in [0.15, 0.2) is 36.2 Å². The number of aromatic nitrogens is 1. The lowest BCUT2D eigenvalue weighted by Gasteiger charge is -2.08. The van der Waals surface area contributed by atoms with E-state index in [9.17, 15) is 14.9 Å². The Kier molecular flexibility index (Phi) is 4.44. The van der Waals surface area contributed by atoms with Gasteiger partial charge in [0.1, 0.15) is 0 Å². The molecule has 1 aromatic heterocycles. The number of hydrogen-bond acceptors (Lipinski definition) is 5. The van der Waals surface area contributed by atoms with Crippen molar-refractivity contribution in [1.82, 2.24) is 4.57 Å². The number of nitrogens with zero attached hydrogens (tertiary/aromatic N) is 2. The van der Waals surface area contributed by atoms with Crippen molar-refractivity contribution < 1.29 is 14.8 Å². The molecule has 2 aromatic rings. The molecule has 8 heteroatoms. The number of nitro groups is 1. The molecule has 0 radical (unpaired) electrons. The van der Waals surface area contributed by atoms with Crippen LogP contribution in [-0.2, 0) is 4.79 Å². The zero-order valence-corrected chi connectivity index (χ0v) is 12.6. The minimum atomic E-state index is -1.23. The second kappa shape index (κ2) is 6.30. The van der Waals surface area contributed by atoms with Gasteiger partial charge in [0.05, 0.1) is 27.6 Å². The number of rotatable bonds is 6. The van der Waals surface area contributed by atoms with Crippen LogP contribution in [0.25, 0.3) is 10.9 Å². The quantitative estimate of drug-likeness (QED) is 0.327. The number of benzene rings is 1. The Morgan fingerprint density at radius 1 is 1.48 bits per heavy atom. The summed E-state index contributed by atoms with van der Waals surface area (Å²) < 4.78 is 1.81. The van der Waals surface area contributed by atoms with Crippen molar-refractivity contribution in [1.29, 1.82) is 5.41 Å². The topological polar surface area (TPSA) is 121 Å². The van der Waals surface area contributed by atoms with Gasteiger partial charge in [0.15, 0.2) is 0 Å². The molecule has 0 saturated heterocycles. The van der Waals surface area contributed by atoms with Crippen molar-refractivity contribution in [3.05, 3.63) is 46.3 Å². The van der Waals surface area contributed by atoms with Crippen LogP contribution < -0.4 is 5.32 Å². The molecule has 0 aliphatic rings. The highest BCUT2D eigenvalue weighted by atomic mass is 16.6. The third kappa shape index (κ3) is 3.20. The van der Waals surface area contributed by atoms with E-state index in [4.69, 9.17) is 10.5 Å². The summed E-state index contributed by atoms with van der Waals surface area (Å²) in [6, 6.07) is 5.10. The molecule has 23 heavy (non-hydrogen) atoms. The van der Waals surface area contributed by atoms with E-state index in [1.807, 2.05) is 18.4 Å². The summed E-state index contributed by atoms with van der Waals surface area (Å²) in [5, 5.41) is 30.3. The van der Waals surface area contributed by atoms with Crippen LogP contribution in [0.3, 0.4) is 0 Å². The second-order valence-corrected chi connectivity index (χ2v) is 5.20. The molecule has 1 heterocycles. The molecule has 0 fully saturated rings. The van der Waals surface area contributed by atoms with Crippen LogP contribution >= 0.6 is 0 Å². The first kappa shape index (κ1) is 16.2. The second-order valence-electron chi connectivity index (χ2n) is 5.20. The highest BCUT2D eigenvalue weighted by Gasteiger charge is 2.19. The SMILES string of the molecule is CC(C)n1cc([N+](=O)[O-])c2cc(N/C=C(\C=N)C(=O)O)ccc21. The molecule has 1 aromatic carbocycles. The van der Waals surface area contributed by atoms with Crippen molar-refractivity contribution in [3.63, 3.8) is 0 Å². The summed E-state index contributed by atoms with van der Waals surface area (Å²) in [5.74, 6) is -1.23. The predicted molar refractivity (Wildman–Crippen MR) is 87.1 cm³/mol. The minimum absolute atomic E-state index is 0.00755. The highest BCUT2D eigenvalue weighted by Crippen LogP contribution is 2.32. The average molecular weight is 316 g/mol. The van der Waals surface area contributed by atoms with Crippen molar-refractivity contribution in [2.24, 2.45) is 0 Å². The Hall–Kier alpha value is -3.16. The Balaban J connectivity index is 2.49. The molecule has 0 spiro atoms. The van der Waals surface area contributed by atoms with E-state index in [1.165, 1.54) is 12.4 Å².